The first kappa shape index (κ1) is 28.2. The number of Topliss-reactive ketones (excluding diaryl/α,β-unsaturated/α-hetero) is 1. The summed E-state index contributed by atoms with van der Waals surface area (Å²) in [4.78, 5) is 26.4. The monoisotopic (exact) mass is 524 g/mol. The van der Waals surface area contributed by atoms with E-state index in [0.29, 0.717) is 11.3 Å². The van der Waals surface area contributed by atoms with E-state index in [0.717, 1.165) is 59.4 Å². The summed E-state index contributed by atoms with van der Waals surface area (Å²) in [6, 6.07) is 4.18. The Bertz CT molecular complexity index is 1440. The Kier molecular flexibility index (Phi) is 8.97. The zero-order valence-corrected chi connectivity index (χ0v) is 24.0. The fourth-order valence-corrected chi connectivity index (χ4v) is 4.91. The first-order valence-electron chi connectivity index (χ1n) is 13.7. The molecule has 2 heterocycles. The minimum absolute atomic E-state index is 0. The number of rotatable bonds is 7. The first-order chi connectivity index (χ1) is 18.7. The molecule has 0 atom stereocenters. The Morgan fingerprint density at radius 1 is 1.28 bits per heavy atom. The first-order valence-corrected chi connectivity index (χ1v) is 13.7. The number of ketones is 1. The van der Waals surface area contributed by atoms with Crippen LogP contribution in [-0.4, -0.2) is 36.6 Å². The maximum absolute atomic E-state index is 13.2. The summed E-state index contributed by atoms with van der Waals surface area (Å²) in [5, 5.41) is 0. The third-order valence-electron chi connectivity index (χ3n) is 6.90. The lowest BCUT2D eigenvalue weighted by Crippen LogP contribution is -2.24. The second kappa shape index (κ2) is 12.4. The molecule has 5 heteroatoms. The number of carbonyl (C=O) groups excluding carboxylic acids is 1. The van der Waals surface area contributed by atoms with Crippen molar-refractivity contribution in [2.24, 2.45) is 15.0 Å². The van der Waals surface area contributed by atoms with Crippen molar-refractivity contribution >= 4 is 29.5 Å². The molecule has 205 valence electrons. The lowest BCUT2D eigenvalue weighted by atomic mass is 9.96. The molecule has 0 N–H and O–H groups in total. The van der Waals surface area contributed by atoms with Gasteiger partial charge in [-0.1, -0.05) is 23.6 Å². The van der Waals surface area contributed by atoms with Gasteiger partial charge in [-0.3, -0.25) is 19.8 Å². The Morgan fingerprint density at radius 3 is 2.87 bits per heavy atom. The van der Waals surface area contributed by atoms with E-state index in [1.165, 1.54) is 30.3 Å². The van der Waals surface area contributed by atoms with Gasteiger partial charge >= 0.3 is 0 Å². The summed E-state index contributed by atoms with van der Waals surface area (Å²) < 4.78 is 6.24. The largest absolute Gasteiger partial charge is 0.487 e. The van der Waals surface area contributed by atoms with Crippen LogP contribution in [0.15, 0.2) is 67.9 Å². The van der Waals surface area contributed by atoms with E-state index in [4.69, 9.17) is 9.73 Å². The lowest BCUT2D eigenvalue weighted by molar-refractivity contribution is -0.110. The third-order valence-corrected chi connectivity index (χ3v) is 6.90. The molecule has 0 aromatic heterocycles. The van der Waals surface area contributed by atoms with Crippen LogP contribution in [0.2, 0.25) is 0 Å². The Balaban J connectivity index is 0.00000294. The molecule has 0 amide bonds. The Hall–Kier alpha value is -3.78. The second-order valence-electron chi connectivity index (χ2n) is 10.9. The van der Waals surface area contributed by atoms with Gasteiger partial charge in [0.05, 0.1) is 11.3 Å². The molecule has 1 aliphatic carbocycles. The molecule has 4 rings (SSSR count). The third kappa shape index (κ3) is 7.41. The maximum Gasteiger partial charge on any atom is 0.239 e. The number of hydrogen-bond acceptors (Lipinski definition) is 5. The summed E-state index contributed by atoms with van der Waals surface area (Å²) in [6.07, 6.45) is 17.5. The highest BCUT2D eigenvalue weighted by Crippen LogP contribution is 2.47. The number of allylic oxidation sites excluding steroid dienone is 7. The van der Waals surface area contributed by atoms with Crippen molar-refractivity contribution < 1.29 is 12.4 Å². The highest BCUT2D eigenvalue weighted by molar-refractivity contribution is 6.22. The van der Waals surface area contributed by atoms with Crippen molar-refractivity contribution in [3.8, 4) is 17.6 Å². The highest BCUT2D eigenvalue weighted by Gasteiger charge is 2.33. The van der Waals surface area contributed by atoms with Gasteiger partial charge in [-0.15, -0.1) is 0 Å². The van der Waals surface area contributed by atoms with Gasteiger partial charge in [0, 0.05) is 58.6 Å². The van der Waals surface area contributed by atoms with E-state index in [9.17, 15) is 4.79 Å². The molecule has 39 heavy (non-hydrogen) atoms. The molecule has 0 saturated carbocycles. The molecule has 0 bridgehead atoms. The minimum atomic E-state index is -0.308. The zero-order chi connectivity index (χ0) is 28.0. The normalized spacial score (nSPS) is 20.5. The van der Waals surface area contributed by atoms with Gasteiger partial charge in [-0.05, 0) is 101 Å². The predicted octanol–water partition coefficient (Wildman–Crippen LogP) is 7.71. The average molecular weight is 525 g/mol. The Labute approximate surface area is 236 Å². The van der Waals surface area contributed by atoms with Crippen LogP contribution >= 0.6 is 0 Å². The van der Waals surface area contributed by atoms with Crippen LogP contribution in [0.1, 0.15) is 86.3 Å². The smallest absolute Gasteiger partial charge is 0.239 e. The van der Waals surface area contributed by atoms with Crippen molar-refractivity contribution in [1.29, 1.82) is 0 Å². The van der Waals surface area contributed by atoms with Gasteiger partial charge in [0.2, 0.25) is 5.78 Å². The summed E-state index contributed by atoms with van der Waals surface area (Å²) in [5.74, 6) is 6.64. The van der Waals surface area contributed by atoms with Crippen LogP contribution in [0.3, 0.4) is 0 Å². The average Bonchev–Trinajstić information content (AvgIpc) is 3.56. The van der Waals surface area contributed by atoms with E-state index in [1.807, 2.05) is 19.1 Å². The summed E-state index contributed by atoms with van der Waals surface area (Å²) in [6.45, 7) is 10.0. The fourth-order valence-electron chi connectivity index (χ4n) is 4.91. The van der Waals surface area contributed by atoms with Crippen LogP contribution in [0.5, 0.6) is 5.75 Å². The molecule has 0 saturated heterocycles. The number of nitrogens with zero attached hydrogens (tertiary/aromatic N) is 3. The molecule has 0 unspecified atom stereocenters. The molecule has 0 spiro atoms. The molecular weight excluding hydrogens is 482 g/mol. The SMILES string of the molecule is C\C=C/C=N\C(C)=C(\C=NC)C(=O)C#Cc1cc2c(cc1C1=C(C/C3=C/CCCCC(C)=N3)[CH]1)OC(C)(C)C2.[HH].[HH]. The number of hydrogen-bond donors (Lipinski definition) is 0. The number of fused-ring (bicyclic) bond motifs is 1. The molecule has 5 nitrogen and oxygen atoms in total. The van der Waals surface area contributed by atoms with Crippen molar-refractivity contribution in [2.75, 3.05) is 7.05 Å². The quantitative estimate of drug-likeness (QED) is 0.208. The molecular formula is C34H42N3O2. The van der Waals surface area contributed by atoms with Crippen LogP contribution in [-0.2, 0) is 11.2 Å². The van der Waals surface area contributed by atoms with E-state index >= 15 is 0 Å². The van der Waals surface area contributed by atoms with E-state index < -0.39 is 0 Å². The molecule has 2 aliphatic heterocycles. The number of benzene rings is 1. The van der Waals surface area contributed by atoms with Gasteiger partial charge in [-0.2, -0.15) is 0 Å². The molecule has 1 aromatic carbocycles. The van der Waals surface area contributed by atoms with Gasteiger partial charge in [0.15, 0.2) is 0 Å². The number of carbonyl (C=O) groups is 1. The molecule has 3 aliphatic rings. The van der Waals surface area contributed by atoms with Crippen molar-refractivity contribution in [3.63, 3.8) is 0 Å². The topological polar surface area (TPSA) is 63.4 Å². The van der Waals surface area contributed by atoms with E-state index in [2.05, 4.69) is 67.2 Å². The predicted molar refractivity (Wildman–Crippen MR) is 167 cm³/mol. The van der Waals surface area contributed by atoms with Gasteiger partial charge < -0.3 is 4.74 Å². The van der Waals surface area contributed by atoms with Crippen molar-refractivity contribution in [3.05, 3.63) is 76.0 Å². The number of ether oxygens (including phenoxy) is 1. The summed E-state index contributed by atoms with van der Waals surface area (Å²) in [7, 11) is 1.64. The minimum Gasteiger partial charge on any atom is -0.487 e. The van der Waals surface area contributed by atoms with Crippen LogP contribution in [0, 0.1) is 18.3 Å². The second-order valence-corrected chi connectivity index (χ2v) is 10.9. The molecule has 1 radical (unpaired) electrons. The Morgan fingerprint density at radius 2 is 2.10 bits per heavy atom. The van der Waals surface area contributed by atoms with E-state index in [-0.39, 0.29) is 14.2 Å². The van der Waals surface area contributed by atoms with Crippen molar-refractivity contribution in [1.82, 2.24) is 0 Å². The molecule has 1 aromatic rings. The fraction of sp³-hybridized carbons (Fsp3) is 0.382. The summed E-state index contributed by atoms with van der Waals surface area (Å²) in [5.41, 5.74) is 8.41. The lowest BCUT2D eigenvalue weighted by Gasteiger charge is -2.16. The zero-order valence-electron chi connectivity index (χ0n) is 24.0. The highest BCUT2D eigenvalue weighted by atomic mass is 16.5. The summed E-state index contributed by atoms with van der Waals surface area (Å²) >= 11 is 0. The van der Waals surface area contributed by atoms with E-state index in [1.54, 1.807) is 20.2 Å². The van der Waals surface area contributed by atoms with Crippen LogP contribution in [0.25, 0.3) is 5.57 Å². The standard InChI is InChI=1S/C34H38N3O2.2H2/c1-7-8-16-36-24(3)31(22-35-6)32(38)15-14-25-17-27-21-34(4,5)39-33(27)20-30(25)29-19-26(29)18-28-13-11-9-10-12-23(2)37-28;;/h7-8,13,16-17,19-20,22H,9-12,18,21H2,1-6H3;2*1H/b8-7-,28-13-,31-24-,35-22?,36-16-,37-23?;;. The van der Waals surface area contributed by atoms with Crippen LogP contribution in [0.4, 0.5) is 0 Å². The number of aliphatic imine (C=N–C) groups is 3. The van der Waals surface area contributed by atoms with Crippen LogP contribution < -0.4 is 4.74 Å². The van der Waals surface area contributed by atoms with Crippen molar-refractivity contribution in [2.45, 2.75) is 78.7 Å². The van der Waals surface area contributed by atoms with Gasteiger partial charge in [-0.25, -0.2) is 0 Å². The van der Waals surface area contributed by atoms with Gasteiger partial charge in [0.1, 0.15) is 11.4 Å². The maximum atomic E-state index is 13.2. The molecule has 0 fully saturated rings. The van der Waals surface area contributed by atoms with Gasteiger partial charge in [0.25, 0.3) is 0 Å².